The summed E-state index contributed by atoms with van der Waals surface area (Å²) in [6.07, 6.45) is 10.2. The highest BCUT2D eigenvalue weighted by Crippen LogP contribution is 2.32. The fourth-order valence-electron chi connectivity index (χ4n) is 4.43. The van der Waals surface area contributed by atoms with Gasteiger partial charge in [0.2, 0.25) is 0 Å². The minimum atomic E-state index is -0.504. The normalized spacial score (nSPS) is 22.9. The monoisotopic (exact) mass is 456 g/mol. The van der Waals surface area contributed by atoms with E-state index in [9.17, 15) is 9.59 Å². The molecule has 0 aromatic carbocycles. The Bertz CT molecular complexity index is 722. The predicted octanol–water partition coefficient (Wildman–Crippen LogP) is 5.80. The summed E-state index contributed by atoms with van der Waals surface area (Å²) in [6.45, 7) is 5.58. The van der Waals surface area contributed by atoms with Crippen LogP contribution < -0.4 is 10.6 Å². The van der Waals surface area contributed by atoms with Crippen molar-refractivity contribution in [2.45, 2.75) is 102 Å². The molecule has 1 aromatic heterocycles. The van der Waals surface area contributed by atoms with Crippen LogP contribution in [0.4, 0.5) is 14.7 Å². The number of halogens is 1. The maximum atomic E-state index is 13.2. The van der Waals surface area contributed by atoms with E-state index in [2.05, 4.69) is 20.5 Å². The number of aromatic nitrogens is 1. The van der Waals surface area contributed by atoms with E-state index in [-0.39, 0.29) is 30.2 Å². The Morgan fingerprint density at radius 3 is 2.30 bits per heavy atom. The molecule has 3 rings (SSSR count). The topological polar surface area (TPSA) is 83.6 Å². The minimum absolute atomic E-state index is 0.0866. The van der Waals surface area contributed by atoms with Gasteiger partial charge in [0.25, 0.3) is 0 Å². The summed E-state index contributed by atoms with van der Waals surface area (Å²) >= 11 is 7.24. The van der Waals surface area contributed by atoms with Crippen molar-refractivity contribution >= 4 is 40.2 Å². The van der Waals surface area contributed by atoms with E-state index in [0.717, 1.165) is 51.4 Å². The zero-order valence-electron chi connectivity index (χ0n) is 18.1. The summed E-state index contributed by atoms with van der Waals surface area (Å²) in [4.78, 5) is 31.5. The number of alkyl carbamates (subject to hydrolysis) is 1. The maximum Gasteiger partial charge on any atom is 0.407 e. The Labute approximate surface area is 187 Å². The Hall–Kier alpha value is -1.54. The van der Waals surface area contributed by atoms with E-state index in [1.807, 2.05) is 20.8 Å². The second-order valence-corrected chi connectivity index (χ2v) is 10.9. The fourth-order valence-corrected chi connectivity index (χ4v) is 5.23. The average molecular weight is 457 g/mol. The first-order chi connectivity index (χ1) is 14.2. The molecular formula is C21H33ClN4O3S. The third-order valence-corrected chi connectivity index (χ3v) is 6.74. The molecule has 7 nitrogen and oxygen atoms in total. The molecule has 30 heavy (non-hydrogen) atoms. The lowest BCUT2D eigenvalue weighted by atomic mass is 9.87. The number of rotatable bonds is 4. The molecule has 0 aliphatic heterocycles. The fraction of sp³-hybridized carbons (Fsp3) is 0.762. The molecule has 1 heterocycles. The van der Waals surface area contributed by atoms with Crippen LogP contribution in [0.25, 0.3) is 0 Å². The lowest BCUT2D eigenvalue weighted by Crippen LogP contribution is -2.52. The molecule has 1 aromatic rings. The zero-order valence-corrected chi connectivity index (χ0v) is 19.7. The number of ether oxygens (including phenoxy) is 1. The first-order valence-electron chi connectivity index (χ1n) is 10.9. The van der Waals surface area contributed by atoms with Crippen LogP contribution >= 0.6 is 22.9 Å². The first kappa shape index (κ1) is 23.1. The van der Waals surface area contributed by atoms with Crippen LogP contribution in [0.2, 0.25) is 4.34 Å². The number of hydrogen-bond acceptors (Lipinski definition) is 5. The SMILES string of the molecule is CC(C)(C)OC(=O)NC1CCC(N(C(=O)Nc2ncc(Cl)s2)C2CCCCC2)CC1. The smallest absolute Gasteiger partial charge is 0.407 e. The molecule has 2 aliphatic carbocycles. The summed E-state index contributed by atoms with van der Waals surface area (Å²) in [5.74, 6) is 0. The molecule has 0 atom stereocenters. The number of nitrogens with one attached hydrogen (secondary N) is 2. The Morgan fingerprint density at radius 2 is 1.73 bits per heavy atom. The van der Waals surface area contributed by atoms with Crippen molar-refractivity contribution in [2.24, 2.45) is 0 Å². The van der Waals surface area contributed by atoms with Crippen molar-refractivity contribution in [1.29, 1.82) is 0 Å². The zero-order chi connectivity index (χ0) is 21.7. The highest BCUT2D eigenvalue weighted by atomic mass is 35.5. The average Bonchev–Trinajstić information content (AvgIpc) is 3.07. The molecule has 3 amide bonds. The van der Waals surface area contributed by atoms with Gasteiger partial charge in [-0.15, -0.1) is 0 Å². The predicted molar refractivity (Wildman–Crippen MR) is 120 cm³/mol. The van der Waals surface area contributed by atoms with Gasteiger partial charge in [-0.25, -0.2) is 14.6 Å². The van der Waals surface area contributed by atoms with Crippen LogP contribution in [0, 0.1) is 0 Å². The molecule has 9 heteroatoms. The number of hydrogen-bond donors (Lipinski definition) is 2. The van der Waals surface area contributed by atoms with E-state index in [4.69, 9.17) is 16.3 Å². The van der Waals surface area contributed by atoms with Crippen molar-refractivity contribution in [3.63, 3.8) is 0 Å². The van der Waals surface area contributed by atoms with Crippen LogP contribution in [0.1, 0.15) is 78.6 Å². The molecule has 2 saturated carbocycles. The summed E-state index contributed by atoms with van der Waals surface area (Å²) in [6, 6.07) is 0.427. The number of carbonyl (C=O) groups excluding carboxylic acids is 2. The van der Waals surface area contributed by atoms with Gasteiger partial charge in [0.15, 0.2) is 5.13 Å². The van der Waals surface area contributed by atoms with Crippen molar-refractivity contribution in [3.8, 4) is 0 Å². The van der Waals surface area contributed by atoms with E-state index < -0.39 is 5.60 Å². The van der Waals surface area contributed by atoms with E-state index in [1.54, 1.807) is 6.20 Å². The number of anilines is 1. The van der Waals surface area contributed by atoms with Crippen molar-refractivity contribution < 1.29 is 14.3 Å². The van der Waals surface area contributed by atoms with Crippen LogP contribution in [-0.4, -0.2) is 45.7 Å². The Balaban J connectivity index is 1.60. The number of nitrogens with zero attached hydrogens (tertiary/aromatic N) is 2. The second-order valence-electron chi connectivity index (χ2n) is 9.25. The Morgan fingerprint density at radius 1 is 1.10 bits per heavy atom. The minimum Gasteiger partial charge on any atom is -0.444 e. The molecule has 2 aliphatic rings. The molecule has 0 spiro atoms. The van der Waals surface area contributed by atoms with Gasteiger partial charge in [-0.2, -0.15) is 0 Å². The van der Waals surface area contributed by atoms with Crippen molar-refractivity contribution in [1.82, 2.24) is 15.2 Å². The largest absolute Gasteiger partial charge is 0.444 e. The third-order valence-electron chi connectivity index (χ3n) is 5.70. The molecule has 0 radical (unpaired) electrons. The molecule has 0 unspecified atom stereocenters. The van der Waals surface area contributed by atoms with Gasteiger partial charge in [-0.05, 0) is 59.3 Å². The number of amides is 3. The van der Waals surface area contributed by atoms with Crippen LogP contribution in [0.15, 0.2) is 6.20 Å². The molecule has 0 saturated heterocycles. The molecule has 0 bridgehead atoms. The number of urea groups is 1. The first-order valence-corrected chi connectivity index (χ1v) is 12.1. The van der Waals surface area contributed by atoms with Gasteiger partial charge >= 0.3 is 12.1 Å². The van der Waals surface area contributed by atoms with Gasteiger partial charge < -0.3 is 15.0 Å². The van der Waals surface area contributed by atoms with E-state index >= 15 is 0 Å². The summed E-state index contributed by atoms with van der Waals surface area (Å²) in [7, 11) is 0. The van der Waals surface area contributed by atoms with Crippen LogP contribution in [0.3, 0.4) is 0 Å². The third kappa shape index (κ3) is 6.74. The number of carbonyl (C=O) groups is 2. The highest BCUT2D eigenvalue weighted by molar-refractivity contribution is 7.19. The molecule has 2 fully saturated rings. The molecule has 168 valence electrons. The van der Waals surface area contributed by atoms with Crippen LogP contribution in [-0.2, 0) is 4.74 Å². The quantitative estimate of drug-likeness (QED) is 0.599. The van der Waals surface area contributed by atoms with Gasteiger partial charge in [-0.1, -0.05) is 42.2 Å². The number of thiazole rings is 1. The van der Waals surface area contributed by atoms with Crippen molar-refractivity contribution in [2.75, 3.05) is 5.32 Å². The highest BCUT2D eigenvalue weighted by Gasteiger charge is 2.35. The van der Waals surface area contributed by atoms with Crippen molar-refractivity contribution in [3.05, 3.63) is 10.5 Å². The van der Waals surface area contributed by atoms with Gasteiger partial charge in [0, 0.05) is 18.1 Å². The summed E-state index contributed by atoms with van der Waals surface area (Å²) in [5, 5.41) is 6.46. The van der Waals surface area contributed by atoms with Gasteiger partial charge in [0.05, 0.1) is 6.20 Å². The second kappa shape index (κ2) is 10.2. The van der Waals surface area contributed by atoms with E-state index in [0.29, 0.717) is 9.47 Å². The van der Waals surface area contributed by atoms with E-state index in [1.165, 1.54) is 17.8 Å². The maximum absolute atomic E-state index is 13.2. The van der Waals surface area contributed by atoms with Crippen LogP contribution in [0.5, 0.6) is 0 Å². The van der Waals surface area contributed by atoms with Gasteiger partial charge in [0.1, 0.15) is 9.94 Å². The lowest BCUT2D eigenvalue weighted by Gasteiger charge is -2.42. The summed E-state index contributed by atoms with van der Waals surface area (Å²) < 4.78 is 5.93. The molecular weight excluding hydrogens is 424 g/mol. The lowest BCUT2D eigenvalue weighted by molar-refractivity contribution is 0.0471. The summed E-state index contributed by atoms with van der Waals surface area (Å²) in [5.41, 5.74) is -0.504. The molecule has 2 N–H and O–H groups in total. The standard InChI is InChI=1S/C21H33ClN4O3S/c1-21(2,3)29-20(28)24-14-9-11-16(12-10-14)26(15-7-5-4-6-8-15)19(27)25-18-23-13-17(22)30-18/h13-16H,4-12H2,1-3H3,(H,24,28)(H,23,25,27). The van der Waals surface area contributed by atoms with Gasteiger partial charge in [-0.3, -0.25) is 5.32 Å². The Kier molecular flexibility index (Phi) is 7.85.